The van der Waals surface area contributed by atoms with Crippen molar-refractivity contribution >= 4 is 0 Å². The minimum Gasteiger partial charge on any atom is -0.329 e. The van der Waals surface area contributed by atoms with Crippen LogP contribution in [0.1, 0.15) is 32.3 Å². The molecule has 17 heavy (non-hydrogen) atoms. The molecular weight excluding hydrogens is 212 g/mol. The molecule has 0 amide bonds. The molecule has 98 valence electrons. The molecular formula is C13H26N4. The molecule has 0 aliphatic carbocycles. The predicted molar refractivity (Wildman–Crippen MR) is 71.6 cm³/mol. The van der Waals surface area contributed by atoms with Crippen molar-refractivity contribution in [1.82, 2.24) is 14.7 Å². The quantitative estimate of drug-likeness (QED) is 0.785. The van der Waals surface area contributed by atoms with Gasteiger partial charge in [0.1, 0.15) is 0 Å². The van der Waals surface area contributed by atoms with Crippen LogP contribution in [0.15, 0.2) is 12.4 Å². The van der Waals surface area contributed by atoms with E-state index < -0.39 is 0 Å². The normalized spacial score (nSPS) is 15.2. The second kappa shape index (κ2) is 6.77. The number of aromatic nitrogens is 2. The first-order chi connectivity index (χ1) is 8.08. The summed E-state index contributed by atoms with van der Waals surface area (Å²) in [5.41, 5.74) is 7.15. The number of nitrogens with two attached hydrogens (primary N) is 1. The summed E-state index contributed by atoms with van der Waals surface area (Å²) in [6.45, 7) is 6.16. The molecule has 0 aromatic carbocycles. The van der Waals surface area contributed by atoms with Gasteiger partial charge < -0.3 is 5.73 Å². The highest BCUT2D eigenvalue weighted by Crippen LogP contribution is 2.16. The molecule has 0 aliphatic heterocycles. The van der Waals surface area contributed by atoms with Crippen molar-refractivity contribution in [2.24, 2.45) is 18.7 Å². The van der Waals surface area contributed by atoms with Crippen LogP contribution in [0.5, 0.6) is 0 Å². The molecule has 4 nitrogen and oxygen atoms in total. The Hall–Kier alpha value is -0.870. The SMILES string of the molecule is CCCC(C)C(CN)N(C)Cc1cnn(C)c1. The van der Waals surface area contributed by atoms with Gasteiger partial charge in [-0.15, -0.1) is 0 Å². The molecule has 0 fully saturated rings. The van der Waals surface area contributed by atoms with E-state index in [1.165, 1.54) is 18.4 Å². The Bertz CT molecular complexity index is 321. The molecule has 0 radical (unpaired) electrons. The van der Waals surface area contributed by atoms with E-state index in [0.717, 1.165) is 13.1 Å². The number of hydrogen-bond donors (Lipinski definition) is 1. The fourth-order valence-corrected chi connectivity index (χ4v) is 2.45. The van der Waals surface area contributed by atoms with Gasteiger partial charge in [-0.25, -0.2) is 0 Å². The van der Waals surface area contributed by atoms with Crippen molar-refractivity contribution in [1.29, 1.82) is 0 Å². The minimum atomic E-state index is 0.454. The zero-order valence-electron chi connectivity index (χ0n) is 11.6. The minimum absolute atomic E-state index is 0.454. The largest absolute Gasteiger partial charge is 0.329 e. The molecule has 0 saturated heterocycles. The van der Waals surface area contributed by atoms with Crippen molar-refractivity contribution in [3.05, 3.63) is 18.0 Å². The lowest BCUT2D eigenvalue weighted by Crippen LogP contribution is -2.42. The fourth-order valence-electron chi connectivity index (χ4n) is 2.45. The average molecular weight is 238 g/mol. The van der Waals surface area contributed by atoms with E-state index in [0.29, 0.717) is 12.0 Å². The van der Waals surface area contributed by atoms with Crippen LogP contribution in [-0.4, -0.2) is 34.3 Å². The summed E-state index contributed by atoms with van der Waals surface area (Å²) < 4.78 is 1.84. The van der Waals surface area contributed by atoms with Gasteiger partial charge in [0.15, 0.2) is 0 Å². The smallest absolute Gasteiger partial charge is 0.0534 e. The Balaban J connectivity index is 2.56. The van der Waals surface area contributed by atoms with Crippen molar-refractivity contribution < 1.29 is 0 Å². The van der Waals surface area contributed by atoms with Crippen LogP contribution in [0.25, 0.3) is 0 Å². The van der Waals surface area contributed by atoms with Crippen LogP contribution in [0.3, 0.4) is 0 Å². The third kappa shape index (κ3) is 4.13. The Morgan fingerprint density at radius 3 is 2.71 bits per heavy atom. The number of rotatable bonds is 7. The second-order valence-electron chi connectivity index (χ2n) is 5.01. The molecule has 2 unspecified atom stereocenters. The maximum absolute atomic E-state index is 5.90. The van der Waals surface area contributed by atoms with Gasteiger partial charge in [0.2, 0.25) is 0 Å². The first kappa shape index (κ1) is 14.2. The molecule has 1 rings (SSSR count). The molecule has 0 aliphatic rings. The zero-order valence-corrected chi connectivity index (χ0v) is 11.6. The van der Waals surface area contributed by atoms with E-state index in [9.17, 15) is 0 Å². The Morgan fingerprint density at radius 1 is 1.53 bits per heavy atom. The maximum Gasteiger partial charge on any atom is 0.0534 e. The van der Waals surface area contributed by atoms with E-state index in [-0.39, 0.29) is 0 Å². The van der Waals surface area contributed by atoms with Crippen LogP contribution in [0.4, 0.5) is 0 Å². The van der Waals surface area contributed by atoms with E-state index in [1.807, 2.05) is 17.9 Å². The Morgan fingerprint density at radius 2 is 2.24 bits per heavy atom. The summed E-state index contributed by atoms with van der Waals surface area (Å²) in [4.78, 5) is 2.34. The third-order valence-electron chi connectivity index (χ3n) is 3.40. The highest BCUT2D eigenvalue weighted by molar-refractivity contribution is 5.03. The van der Waals surface area contributed by atoms with E-state index in [2.05, 4.69) is 37.1 Å². The van der Waals surface area contributed by atoms with Crippen molar-refractivity contribution in [2.45, 2.75) is 39.3 Å². The Labute approximate surface area is 105 Å². The molecule has 1 aromatic rings. The number of hydrogen-bond acceptors (Lipinski definition) is 3. The van der Waals surface area contributed by atoms with Gasteiger partial charge in [0, 0.05) is 37.9 Å². The molecule has 0 spiro atoms. The number of aryl methyl sites for hydroxylation is 1. The van der Waals surface area contributed by atoms with E-state index in [1.54, 1.807) is 0 Å². The monoisotopic (exact) mass is 238 g/mol. The molecule has 2 atom stereocenters. The lowest BCUT2D eigenvalue weighted by Gasteiger charge is -2.31. The van der Waals surface area contributed by atoms with E-state index >= 15 is 0 Å². The number of nitrogens with zero attached hydrogens (tertiary/aromatic N) is 3. The first-order valence-electron chi connectivity index (χ1n) is 6.46. The van der Waals surface area contributed by atoms with Gasteiger partial charge in [-0.2, -0.15) is 5.10 Å². The lowest BCUT2D eigenvalue weighted by atomic mass is 9.95. The van der Waals surface area contributed by atoms with Crippen LogP contribution >= 0.6 is 0 Å². The van der Waals surface area contributed by atoms with Gasteiger partial charge in [-0.1, -0.05) is 20.3 Å². The first-order valence-corrected chi connectivity index (χ1v) is 6.46. The van der Waals surface area contributed by atoms with Gasteiger partial charge in [-0.05, 0) is 19.4 Å². The van der Waals surface area contributed by atoms with Gasteiger partial charge in [0.25, 0.3) is 0 Å². The fraction of sp³-hybridized carbons (Fsp3) is 0.769. The summed E-state index contributed by atoms with van der Waals surface area (Å²) >= 11 is 0. The summed E-state index contributed by atoms with van der Waals surface area (Å²) in [6, 6.07) is 0.454. The van der Waals surface area contributed by atoms with Crippen molar-refractivity contribution in [3.8, 4) is 0 Å². The van der Waals surface area contributed by atoms with Gasteiger partial charge in [0.05, 0.1) is 6.20 Å². The molecule has 2 N–H and O–H groups in total. The second-order valence-corrected chi connectivity index (χ2v) is 5.01. The highest BCUT2D eigenvalue weighted by Gasteiger charge is 2.20. The standard InChI is InChI=1S/C13H26N4/c1-5-6-11(2)13(7-14)16(3)9-12-8-15-17(4)10-12/h8,10-11,13H,5-7,9,14H2,1-4H3. The topological polar surface area (TPSA) is 47.1 Å². The molecule has 1 heterocycles. The summed E-state index contributed by atoms with van der Waals surface area (Å²) in [7, 11) is 4.10. The lowest BCUT2D eigenvalue weighted by molar-refractivity contribution is 0.174. The van der Waals surface area contributed by atoms with E-state index in [4.69, 9.17) is 5.73 Å². The average Bonchev–Trinajstić information content (AvgIpc) is 2.65. The molecule has 4 heteroatoms. The van der Waals surface area contributed by atoms with Crippen LogP contribution in [0.2, 0.25) is 0 Å². The van der Waals surface area contributed by atoms with Crippen LogP contribution in [-0.2, 0) is 13.6 Å². The summed E-state index contributed by atoms with van der Waals surface area (Å²) in [6.07, 6.45) is 6.45. The predicted octanol–water partition coefficient (Wildman–Crippen LogP) is 1.62. The molecule has 1 aromatic heterocycles. The maximum atomic E-state index is 5.90. The molecule has 0 saturated carbocycles. The van der Waals surface area contributed by atoms with Crippen LogP contribution < -0.4 is 5.73 Å². The zero-order chi connectivity index (χ0) is 12.8. The third-order valence-corrected chi connectivity index (χ3v) is 3.40. The van der Waals surface area contributed by atoms with Crippen molar-refractivity contribution in [2.75, 3.05) is 13.6 Å². The highest BCUT2D eigenvalue weighted by atomic mass is 15.2. The van der Waals surface area contributed by atoms with Gasteiger partial charge >= 0.3 is 0 Å². The van der Waals surface area contributed by atoms with Gasteiger partial charge in [-0.3, -0.25) is 9.58 Å². The van der Waals surface area contributed by atoms with Crippen LogP contribution in [0, 0.1) is 5.92 Å². The Kier molecular flexibility index (Phi) is 5.65. The summed E-state index contributed by atoms with van der Waals surface area (Å²) in [5.74, 6) is 0.645. The number of likely N-dealkylation sites (N-methyl/N-ethyl adjacent to an activating group) is 1. The summed E-state index contributed by atoms with van der Waals surface area (Å²) in [5, 5.41) is 4.19. The molecule has 0 bridgehead atoms. The van der Waals surface area contributed by atoms with Crippen molar-refractivity contribution in [3.63, 3.8) is 0 Å².